The molecule has 0 radical (unpaired) electrons. The van der Waals surface area contributed by atoms with E-state index < -0.39 is 54.6 Å². The summed E-state index contributed by atoms with van der Waals surface area (Å²) in [5.41, 5.74) is 5.80. The molecular weight excluding hydrogens is 503 g/mol. The molecule has 1 aliphatic rings. The predicted octanol–water partition coefficient (Wildman–Crippen LogP) is -1.49. The molecule has 0 spiro atoms. The molecule has 0 aromatic carbocycles. The summed E-state index contributed by atoms with van der Waals surface area (Å²) >= 11 is 0. The van der Waals surface area contributed by atoms with Crippen molar-refractivity contribution >= 4 is 41.8 Å². The van der Waals surface area contributed by atoms with Crippen molar-refractivity contribution < 1.29 is 61.4 Å². The molecule has 0 amide bonds. The van der Waals surface area contributed by atoms with Gasteiger partial charge in [0.05, 0.1) is 12.9 Å². The standard InChI is InChI=1S/C11H20N5O13P3/c1-13-9(12)6-10(14-2)16(4-15-6)11-8(18)7(17)5(27-11)3-26-31(22,23)29-32(24,25)28-30(19,20)21/h4-5,7-8,11,17-18H,2-3H2,1H3,(H2,12,13)(H,22,23)(H,24,25)(H2,19,20,21)/t5-,7-,8-,11?/m1/s1. The van der Waals surface area contributed by atoms with Gasteiger partial charge in [-0.05, 0) is 6.72 Å². The fraction of sp³-hybridized carbons (Fsp3) is 0.545. The van der Waals surface area contributed by atoms with Crippen LogP contribution in [0.15, 0.2) is 16.3 Å². The number of ether oxygens (including phenoxy) is 1. The first-order valence-electron chi connectivity index (χ1n) is 8.17. The van der Waals surface area contributed by atoms with Crippen LogP contribution in [-0.2, 0) is 31.6 Å². The summed E-state index contributed by atoms with van der Waals surface area (Å²) in [6.45, 7) is 2.38. The third-order valence-corrected chi connectivity index (χ3v) is 7.63. The maximum Gasteiger partial charge on any atom is 0.490 e. The minimum atomic E-state index is -5.71. The lowest BCUT2D eigenvalue weighted by molar-refractivity contribution is -0.0511. The maximum absolute atomic E-state index is 11.8. The smallest absolute Gasteiger partial charge is 0.387 e. The summed E-state index contributed by atoms with van der Waals surface area (Å²) in [7, 11) is -15.3. The van der Waals surface area contributed by atoms with Crippen LogP contribution in [0.4, 0.5) is 5.82 Å². The molecule has 3 unspecified atom stereocenters. The molecule has 32 heavy (non-hydrogen) atoms. The first kappa shape index (κ1) is 26.9. The molecule has 2 rings (SSSR count). The molecule has 0 bridgehead atoms. The fourth-order valence-electron chi connectivity index (χ4n) is 2.55. The molecule has 182 valence electrons. The second-order valence-electron chi connectivity index (χ2n) is 6.02. The molecule has 6 atom stereocenters. The van der Waals surface area contributed by atoms with E-state index in [1.165, 1.54) is 7.05 Å². The highest BCUT2D eigenvalue weighted by Gasteiger charge is 2.47. The summed E-state index contributed by atoms with van der Waals surface area (Å²) in [4.78, 5) is 47.1. The van der Waals surface area contributed by atoms with E-state index in [2.05, 4.69) is 34.8 Å². The van der Waals surface area contributed by atoms with E-state index in [1.54, 1.807) is 0 Å². The van der Waals surface area contributed by atoms with E-state index in [-0.39, 0.29) is 17.3 Å². The van der Waals surface area contributed by atoms with Crippen LogP contribution in [0.2, 0.25) is 0 Å². The van der Waals surface area contributed by atoms with Crippen molar-refractivity contribution in [3.63, 3.8) is 0 Å². The first-order chi connectivity index (χ1) is 14.6. The second-order valence-corrected chi connectivity index (χ2v) is 10.4. The first-order valence-corrected chi connectivity index (χ1v) is 12.7. The van der Waals surface area contributed by atoms with Gasteiger partial charge in [-0.2, -0.15) is 8.62 Å². The number of hydrogen-bond donors (Lipinski definition) is 7. The van der Waals surface area contributed by atoms with E-state index in [0.717, 1.165) is 10.9 Å². The monoisotopic (exact) mass is 523 g/mol. The Morgan fingerprint density at radius 2 is 1.84 bits per heavy atom. The zero-order valence-electron chi connectivity index (χ0n) is 16.0. The van der Waals surface area contributed by atoms with Gasteiger partial charge in [0.15, 0.2) is 12.0 Å². The van der Waals surface area contributed by atoms with Crippen LogP contribution in [0, 0.1) is 0 Å². The summed E-state index contributed by atoms with van der Waals surface area (Å²) in [6.07, 6.45) is -5.01. The minimum absolute atomic E-state index is 0.0107. The Labute approximate surface area is 179 Å². The van der Waals surface area contributed by atoms with Crippen molar-refractivity contribution in [3.05, 3.63) is 12.0 Å². The summed E-state index contributed by atoms with van der Waals surface area (Å²) in [6, 6.07) is 0. The van der Waals surface area contributed by atoms with Gasteiger partial charge in [-0.3, -0.25) is 14.1 Å². The van der Waals surface area contributed by atoms with Gasteiger partial charge >= 0.3 is 23.5 Å². The Bertz CT molecular complexity index is 1020. The molecule has 18 nitrogen and oxygen atoms in total. The Balaban J connectivity index is 2.12. The predicted molar refractivity (Wildman–Crippen MR) is 104 cm³/mol. The molecule has 8 N–H and O–H groups in total. The van der Waals surface area contributed by atoms with E-state index in [0.29, 0.717) is 0 Å². The van der Waals surface area contributed by atoms with E-state index in [9.17, 15) is 28.8 Å². The summed E-state index contributed by atoms with van der Waals surface area (Å²) in [5, 5.41) is 20.5. The van der Waals surface area contributed by atoms with Gasteiger partial charge in [-0.25, -0.2) is 23.7 Å². The molecule has 1 aromatic heterocycles. The summed E-state index contributed by atoms with van der Waals surface area (Å²) < 4.78 is 51.9. The number of aliphatic hydroxyl groups excluding tert-OH is 2. The van der Waals surface area contributed by atoms with Crippen molar-refractivity contribution in [1.29, 1.82) is 0 Å². The normalized spacial score (nSPS) is 28.3. The number of aliphatic hydroxyl groups is 2. The average Bonchev–Trinajstić information content (AvgIpc) is 3.18. The Hall–Kier alpha value is -1.36. The van der Waals surface area contributed by atoms with E-state index in [1.807, 2.05) is 0 Å². The largest absolute Gasteiger partial charge is 0.490 e. The van der Waals surface area contributed by atoms with Crippen LogP contribution < -0.4 is 5.73 Å². The van der Waals surface area contributed by atoms with Crippen LogP contribution in [0.25, 0.3) is 0 Å². The third kappa shape index (κ3) is 6.59. The molecule has 1 aromatic rings. The van der Waals surface area contributed by atoms with E-state index >= 15 is 0 Å². The molecule has 0 saturated carbocycles. The zero-order valence-corrected chi connectivity index (χ0v) is 18.7. The number of phosphoric ester groups is 1. The molecule has 0 aliphatic carbocycles. The van der Waals surface area contributed by atoms with Crippen LogP contribution in [0.3, 0.4) is 0 Å². The molecule has 1 aliphatic heterocycles. The quantitative estimate of drug-likeness (QED) is 0.104. The van der Waals surface area contributed by atoms with Gasteiger partial charge in [-0.15, -0.1) is 0 Å². The van der Waals surface area contributed by atoms with Gasteiger partial charge < -0.3 is 40.3 Å². The van der Waals surface area contributed by atoms with Crippen LogP contribution in [0.1, 0.15) is 11.9 Å². The number of hydrogen-bond acceptors (Lipinski definition) is 12. The highest BCUT2D eigenvalue weighted by atomic mass is 31.3. The lowest BCUT2D eigenvalue weighted by Gasteiger charge is -2.19. The SMILES string of the molecule is C=Nc1c(/C(N)=N\C)ncn1C1O[C@H](COP(=O)(O)OP(=O)(O)OP(=O)(O)O)[C@@H](O)[C@H]1O. The number of nitrogens with zero attached hydrogens (tertiary/aromatic N) is 4. The topological polar surface area (TPSA) is 278 Å². The van der Waals surface area contributed by atoms with E-state index in [4.69, 9.17) is 25.2 Å². The Morgan fingerprint density at radius 1 is 1.22 bits per heavy atom. The lowest BCUT2D eigenvalue weighted by Crippen LogP contribution is -2.33. The second kappa shape index (κ2) is 9.87. The number of nitrogens with two attached hydrogens (primary N) is 1. The molecule has 2 heterocycles. The van der Waals surface area contributed by atoms with Crippen LogP contribution in [0.5, 0.6) is 0 Å². The zero-order chi connectivity index (χ0) is 24.5. The highest BCUT2D eigenvalue weighted by Crippen LogP contribution is 2.66. The average molecular weight is 523 g/mol. The van der Waals surface area contributed by atoms with Gasteiger partial charge in [-0.1, -0.05) is 0 Å². The van der Waals surface area contributed by atoms with Crippen molar-refractivity contribution in [2.24, 2.45) is 15.7 Å². The number of imidazole rings is 1. The highest BCUT2D eigenvalue weighted by molar-refractivity contribution is 7.66. The summed E-state index contributed by atoms with van der Waals surface area (Å²) in [5.74, 6) is 0.0151. The number of phosphoric acid groups is 3. The number of rotatable bonds is 10. The van der Waals surface area contributed by atoms with Crippen molar-refractivity contribution in [3.8, 4) is 0 Å². The number of aliphatic imine (C=N–C) groups is 2. The molecule has 1 saturated heterocycles. The van der Waals surface area contributed by atoms with Crippen molar-refractivity contribution in [1.82, 2.24) is 9.55 Å². The lowest BCUT2D eigenvalue weighted by atomic mass is 10.1. The van der Waals surface area contributed by atoms with Crippen molar-refractivity contribution in [2.45, 2.75) is 24.5 Å². The fourth-order valence-corrected chi connectivity index (χ4v) is 5.58. The molecule has 1 fully saturated rings. The van der Waals surface area contributed by atoms with Gasteiger partial charge in [0.2, 0.25) is 0 Å². The van der Waals surface area contributed by atoms with Crippen LogP contribution >= 0.6 is 23.5 Å². The van der Waals surface area contributed by atoms with Crippen molar-refractivity contribution in [2.75, 3.05) is 13.7 Å². The van der Waals surface area contributed by atoms with Gasteiger partial charge in [0.1, 0.15) is 29.8 Å². The Kier molecular flexibility index (Phi) is 8.29. The maximum atomic E-state index is 11.8. The third-order valence-electron chi connectivity index (χ3n) is 3.83. The number of amidine groups is 1. The number of aromatic nitrogens is 2. The van der Waals surface area contributed by atoms with Crippen LogP contribution in [-0.4, -0.2) is 83.9 Å². The van der Waals surface area contributed by atoms with Gasteiger partial charge in [0, 0.05) is 7.05 Å². The molecular formula is C11H20N5O13P3. The minimum Gasteiger partial charge on any atom is -0.387 e. The Morgan fingerprint density at radius 3 is 2.38 bits per heavy atom. The van der Waals surface area contributed by atoms with Gasteiger partial charge in [0.25, 0.3) is 0 Å². The molecule has 21 heteroatoms.